The van der Waals surface area contributed by atoms with Crippen molar-refractivity contribution >= 4 is 22.5 Å². The lowest BCUT2D eigenvalue weighted by Gasteiger charge is -2.13. The molecule has 0 amide bonds. The Morgan fingerprint density at radius 1 is 1.39 bits per heavy atom. The molecule has 3 rings (SSSR count). The Morgan fingerprint density at radius 3 is 3.00 bits per heavy atom. The summed E-state index contributed by atoms with van der Waals surface area (Å²) >= 11 is 6.18. The zero-order valence-electron chi connectivity index (χ0n) is 10.7. The van der Waals surface area contributed by atoms with Crippen molar-refractivity contribution in [3.05, 3.63) is 35.5 Å². The van der Waals surface area contributed by atoms with Crippen molar-refractivity contribution in [3.63, 3.8) is 0 Å². The van der Waals surface area contributed by atoms with Gasteiger partial charge in [-0.1, -0.05) is 17.7 Å². The topological polar surface area (TPSA) is 17.0 Å². The van der Waals surface area contributed by atoms with Crippen molar-refractivity contribution in [1.29, 1.82) is 0 Å². The molecule has 0 spiro atoms. The van der Waals surface area contributed by atoms with E-state index in [1.165, 1.54) is 18.4 Å². The monoisotopic (exact) mass is 262 g/mol. The predicted molar refractivity (Wildman–Crippen MR) is 77.1 cm³/mol. The normalized spacial score (nSPS) is 17.2. The molecule has 2 nitrogen and oxygen atoms in total. The third-order valence-corrected chi connectivity index (χ3v) is 4.24. The number of hydrogen-bond acceptors (Lipinski definition) is 1. The fourth-order valence-electron chi connectivity index (χ4n) is 2.56. The quantitative estimate of drug-likeness (QED) is 0.870. The second-order valence-electron chi connectivity index (χ2n) is 5.26. The van der Waals surface area contributed by atoms with Crippen molar-refractivity contribution in [3.8, 4) is 0 Å². The summed E-state index contributed by atoms with van der Waals surface area (Å²) in [6, 6.07) is 8.85. The van der Waals surface area contributed by atoms with Gasteiger partial charge in [-0.15, -0.1) is 0 Å². The second-order valence-corrected chi connectivity index (χ2v) is 5.67. The van der Waals surface area contributed by atoms with E-state index in [0.717, 1.165) is 29.4 Å². The van der Waals surface area contributed by atoms with Crippen LogP contribution in [0.4, 0.5) is 0 Å². The van der Waals surface area contributed by atoms with Gasteiger partial charge in [0.05, 0.1) is 0 Å². The Labute approximate surface area is 113 Å². The van der Waals surface area contributed by atoms with Gasteiger partial charge in [-0.2, -0.15) is 0 Å². The molecule has 0 radical (unpaired) electrons. The van der Waals surface area contributed by atoms with E-state index in [1.54, 1.807) is 0 Å². The fourth-order valence-corrected chi connectivity index (χ4v) is 2.79. The second kappa shape index (κ2) is 4.94. The van der Waals surface area contributed by atoms with Crippen LogP contribution in [0.25, 0.3) is 10.9 Å². The predicted octanol–water partition coefficient (Wildman–Crippen LogP) is 3.68. The molecule has 1 N–H and O–H groups in total. The van der Waals surface area contributed by atoms with E-state index in [0.29, 0.717) is 6.04 Å². The minimum atomic E-state index is 0.662. The molecule has 1 aromatic carbocycles. The van der Waals surface area contributed by atoms with Crippen LogP contribution in [0.3, 0.4) is 0 Å². The van der Waals surface area contributed by atoms with E-state index in [-0.39, 0.29) is 0 Å². The molecule has 1 fully saturated rings. The Balaban J connectivity index is 1.65. The van der Waals surface area contributed by atoms with Crippen LogP contribution < -0.4 is 5.32 Å². The van der Waals surface area contributed by atoms with Gasteiger partial charge in [-0.05, 0) is 43.9 Å². The minimum Gasteiger partial charge on any atom is -0.346 e. The van der Waals surface area contributed by atoms with Crippen LogP contribution >= 0.6 is 11.6 Å². The standard InChI is InChI=1S/C15H19ClN2/c1-11(12-5-6-12)17-8-10-18-9-7-13-14(16)3-2-4-15(13)18/h2-4,7,9,11-12,17H,5-6,8,10H2,1H3. The van der Waals surface area contributed by atoms with E-state index in [2.05, 4.69) is 35.1 Å². The zero-order valence-corrected chi connectivity index (χ0v) is 11.5. The summed E-state index contributed by atoms with van der Waals surface area (Å²) in [5.41, 5.74) is 1.23. The van der Waals surface area contributed by atoms with Crippen molar-refractivity contribution in [2.45, 2.75) is 32.4 Å². The largest absolute Gasteiger partial charge is 0.346 e. The van der Waals surface area contributed by atoms with Gasteiger partial charge >= 0.3 is 0 Å². The lowest BCUT2D eigenvalue weighted by Crippen LogP contribution is -2.30. The fraction of sp³-hybridized carbons (Fsp3) is 0.467. The molecular formula is C15H19ClN2. The highest BCUT2D eigenvalue weighted by molar-refractivity contribution is 6.35. The maximum absolute atomic E-state index is 6.18. The number of fused-ring (bicyclic) bond motifs is 1. The molecule has 1 atom stereocenters. The van der Waals surface area contributed by atoms with Crippen LogP contribution in [-0.4, -0.2) is 17.2 Å². The van der Waals surface area contributed by atoms with Crippen molar-refractivity contribution < 1.29 is 0 Å². The first-order chi connectivity index (χ1) is 8.75. The SMILES string of the molecule is CC(NCCn1ccc2c(Cl)cccc21)C1CC1. The third-order valence-electron chi connectivity index (χ3n) is 3.91. The van der Waals surface area contributed by atoms with Gasteiger partial charge < -0.3 is 9.88 Å². The van der Waals surface area contributed by atoms with Gasteiger partial charge in [-0.25, -0.2) is 0 Å². The molecule has 0 bridgehead atoms. The third kappa shape index (κ3) is 2.40. The smallest absolute Gasteiger partial charge is 0.0499 e. The van der Waals surface area contributed by atoms with E-state index >= 15 is 0 Å². The number of benzene rings is 1. The highest BCUT2D eigenvalue weighted by Gasteiger charge is 2.27. The molecule has 3 heteroatoms. The minimum absolute atomic E-state index is 0.662. The molecule has 1 aliphatic rings. The summed E-state index contributed by atoms with van der Waals surface area (Å²) in [6.07, 6.45) is 4.92. The Kier molecular flexibility index (Phi) is 3.31. The van der Waals surface area contributed by atoms with Crippen LogP contribution in [0.1, 0.15) is 19.8 Å². The average molecular weight is 263 g/mol. The van der Waals surface area contributed by atoms with E-state index < -0.39 is 0 Å². The summed E-state index contributed by atoms with van der Waals surface area (Å²) in [5.74, 6) is 0.917. The van der Waals surface area contributed by atoms with Crippen LogP contribution in [-0.2, 0) is 6.54 Å². The summed E-state index contributed by atoms with van der Waals surface area (Å²) in [6.45, 7) is 4.32. The molecule has 1 aliphatic carbocycles. The molecule has 2 aromatic rings. The number of halogens is 1. The maximum Gasteiger partial charge on any atom is 0.0499 e. The summed E-state index contributed by atoms with van der Waals surface area (Å²) in [7, 11) is 0. The molecule has 1 saturated carbocycles. The molecular weight excluding hydrogens is 244 g/mol. The highest BCUT2D eigenvalue weighted by atomic mass is 35.5. The Bertz CT molecular complexity index is 542. The molecule has 1 unspecified atom stereocenters. The first-order valence-electron chi connectivity index (χ1n) is 6.72. The van der Waals surface area contributed by atoms with Crippen LogP contribution in [0.5, 0.6) is 0 Å². The number of nitrogens with zero attached hydrogens (tertiary/aromatic N) is 1. The van der Waals surface area contributed by atoms with E-state index in [9.17, 15) is 0 Å². The van der Waals surface area contributed by atoms with Gasteiger partial charge in [0.1, 0.15) is 0 Å². The van der Waals surface area contributed by atoms with Gasteiger partial charge in [0, 0.05) is 41.3 Å². The average Bonchev–Trinajstić information content (AvgIpc) is 3.13. The number of rotatable bonds is 5. The highest BCUT2D eigenvalue weighted by Crippen LogP contribution is 2.32. The lowest BCUT2D eigenvalue weighted by atomic mass is 10.2. The maximum atomic E-state index is 6.18. The Morgan fingerprint density at radius 2 is 2.22 bits per heavy atom. The van der Waals surface area contributed by atoms with Gasteiger partial charge in [0.2, 0.25) is 0 Å². The molecule has 18 heavy (non-hydrogen) atoms. The number of nitrogens with one attached hydrogen (secondary N) is 1. The van der Waals surface area contributed by atoms with E-state index in [1.807, 2.05) is 12.1 Å². The van der Waals surface area contributed by atoms with Crippen molar-refractivity contribution in [2.75, 3.05) is 6.54 Å². The molecule has 1 heterocycles. The van der Waals surface area contributed by atoms with Crippen LogP contribution in [0.15, 0.2) is 30.5 Å². The zero-order chi connectivity index (χ0) is 12.5. The first-order valence-corrected chi connectivity index (χ1v) is 7.10. The Hall–Kier alpha value is -0.990. The molecule has 96 valence electrons. The number of hydrogen-bond donors (Lipinski definition) is 1. The first kappa shape index (κ1) is 12.1. The van der Waals surface area contributed by atoms with Crippen LogP contribution in [0.2, 0.25) is 5.02 Å². The summed E-state index contributed by atoms with van der Waals surface area (Å²) < 4.78 is 2.27. The van der Waals surface area contributed by atoms with Gasteiger partial charge in [-0.3, -0.25) is 0 Å². The summed E-state index contributed by atoms with van der Waals surface area (Å²) in [4.78, 5) is 0. The summed E-state index contributed by atoms with van der Waals surface area (Å²) in [5, 5.41) is 5.59. The van der Waals surface area contributed by atoms with Gasteiger partial charge in [0.15, 0.2) is 0 Å². The van der Waals surface area contributed by atoms with Crippen molar-refractivity contribution in [1.82, 2.24) is 9.88 Å². The lowest BCUT2D eigenvalue weighted by molar-refractivity contribution is 0.478. The molecule has 0 saturated heterocycles. The van der Waals surface area contributed by atoms with Crippen molar-refractivity contribution in [2.24, 2.45) is 5.92 Å². The van der Waals surface area contributed by atoms with E-state index in [4.69, 9.17) is 11.6 Å². The molecule has 0 aliphatic heterocycles. The molecule has 1 aromatic heterocycles. The van der Waals surface area contributed by atoms with Crippen LogP contribution in [0, 0.1) is 5.92 Å². The number of aromatic nitrogens is 1. The van der Waals surface area contributed by atoms with Gasteiger partial charge in [0.25, 0.3) is 0 Å².